The summed E-state index contributed by atoms with van der Waals surface area (Å²) in [5, 5.41) is 9.61. The second kappa shape index (κ2) is 6.32. The van der Waals surface area contributed by atoms with Crippen molar-refractivity contribution in [1.29, 1.82) is 0 Å². The molecule has 6 heteroatoms. The Labute approximate surface area is 107 Å². The zero-order chi connectivity index (χ0) is 13.6. The minimum absolute atomic E-state index is 0.188. The largest absolute Gasteiger partial charge is 0.389 e. The first kappa shape index (κ1) is 14.4. The van der Waals surface area contributed by atoms with E-state index < -0.39 is 5.60 Å². The minimum atomic E-state index is -0.816. The normalized spacial score (nSPS) is 11.4. The molecule has 1 rings (SSSR count). The van der Waals surface area contributed by atoms with E-state index in [1.54, 1.807) is 44.1 Å². The van der Waals surface area contributed by atoms with Crippen molar-refractivity contribution in [2.45, 2.75) is 19.4 Å². The smallest absolute Gasteiger partial charge is 0.252 e. The predicted octanol–water partition coefficient (Wildman–Crippen LogP) is 0.227. The number of aromatic nitrogens is 1. The average Bonchev–Trinajstić information content (AvgIpc) is 2.25. The highest BCUT2D eigenvalue weighted by atomic mass is 16.3. The lowest BCUT2D eigenvalue weighted by molar-refractivity contribution is -0.121. The van der Waals surface area contributed by atoms with Crippen molar-refractivity contribution in [3.63, 3.8) is 0 Å². The molecule has 0 unspecified atom stereocenters. The third-order valence-corrected chi connectivity index (χ3v) is 2.07. The Morgan fingerprint density at radius 3 is 2.78 bits per heavy atom. The Hall–Kier alpha value is -1.66. The van der Waals surface area contributed by atoms with Gasteiger partial charge in [-0.05, 0) is 33.0 Å². The maximum atomic E-state index is 11.6. The van der Waals surface area contributed by atoms with Gasteiger partial charge in [0, 0.05) is 12.7 Å². The lowest BCUT2D eigenvalue weighted by Gasteiger charge is -2.24. The van der Waals surface area contributed by atoms with Crippen molar-refractivity contribution in [2.24, 2.45) is 0 Å². The number of anilines is 1. The van der Waals surface area contributed by atoms with Gasteiger partial charge in [0.05, 0.1) is 12.1 Å². The lowest BCUT2D eigenvalue weighted by atomic mass is 10.1. The number of carbonyl (C=O) groups is 1. The molecule has 0 atom stereocenters. The zero-order valence-electron chi connectivity index (χ0n) is 11.0. The molecule has 0 fully saturated rings. The van der Waals surface area contributed by atoms with Crippen molar-refractivity contribution < 1.29 is 9.90 Å². The van der Waals surface area contributed by atoms with Gasteiger partial charge in [0.15, 0.2) is 0 Å². The number of aliphatic hydroxyl groups is 1. The number of likely N-dealkylation sites (N-methyl/N-ethyl adjacent to an activating group) is 1. The van der Waals surface area contributed by atoms with E-state index in [2.05, 4.69) is 15.8 Å². The molecule has 0 bridgehead atoms. The van der Waals surface area contributed by atoms with Gasteiger partial charge in [-0.25, -0.2) is 4.98 Å². The first-order valence-corrected chi connectivity index (χ1v) is 5.73. The summed E-state index contributed by atoms with van der Waals surface area (Å²) in [6.07, 6.45) is 1.63. The Morgan fingerprint density at radius 1 is 1.50 bits per heavy atom. The molecular weight excluding hydrogens is 232 g/mol. The van der Waals surface area contributed by atoms with Gasteiger partial charge in [-0.2, -0.15) is 0 Å². The molecule has 1 amide bonds. The molecule has 0 aliphatic heterocycles. The van der Waals surface area contributed by atoms with E-state index in [1.165, 1.54) is 0 Å². The zero-order valence-corrected chi connectivity index (χ0v) is 11.0. The van der Waals surface area contributed by atoms with E-state index in [9.17, 15) is 9.90 Å². The van der Waals surface area contributed by atoms with Crippen molar-refractivity contribution in [3.8, 4) is 0 Å². The molecule has 1 heterocycles. The third-order valence-electron chi connectivity index (χ3n) is 2.07. The summed E-state index contributed by atoms with van der Waals surface area (Å²) in [4.78, 5) is 17.3. The molecule has 0 saturated carbocycles. The van der Waals surface area contributed by atoms with Gasteiger partial charge < -0.3 is 5.11 Å². The molecule has 18 heavy (non-hydrogen) atoms. The van der Waals surface area contributed by atoms with Crippen LogP contribution in [0, 0.1) is 0 Å². The van der Waals surface area contributed by atoms with Crippen LogP contribution in [-0.2, 0) is 4.79 Å². The molecular formula is C12H20N4O2. The van der Waals surface area contributed by atoms with Crippen molar-refractivity contribution >= 4 is 11.7 Å². The van der Waals surface area contributed by atoms with Gasteiger partial charge in [-0.15, -0.1) is 0 Å². The van der Waals surface area contributed by atoms with Gasteiger partial charge >= 0.3 is 0 Å². The van der Waals surface area contributed by atoms with Crippen LogP contribution in [0.4, 0.5) is 5.82 Å². The number of pyridine rings is 1. The Balaban J connectivity index is 2.30. The fourth-order valence-corrected chi connectivity index (χ4v) is 1.57. The van der Waals surface area contributed by atoms with Crippen LogP contribution >= 0.6 is 0 Å². The molecule has 0 saturated heterocycles. The number of hydrogen-bond donors (Lipinski definition) is 3. The fraction of sp³-hybridized carbons (Fsp3) is 0.500. The van der Waals surface area contributed by atoms with Crippen molar-refractivity contribution in [3.05, 3.63) is 24.4 Å². The minimum Gasteiger partial charge on any atom is -0.389 e. The summed E-state index contributed by atoms with van der Waals surface area (Å²) >= 11 is 0. The highest BCUT2D eigenvalue weighted by Crippen LogP contribution is 2.02. The van der Waals surface area contributed by atoms with E-state index in [0.29, 0.717) is 12.4 Å². The predicted molar refractivity (Wildman–Crippen MR) is 69.8 cm³/mol. The number of carbonyl (C=O) groups excluding carboxylic acids is 1. The molecule has 1 aromatic rings. The highest BCUT2D eigenvalue weighted by molar-refractivity contribution is 5.79. The molecule has 6 nitrogen and oxygen atoms in total. The van der Waals surface area contributed by atoms with E-state index in [-0.39, 0.29) is 12.5 Å². The SMILES string of the molecule is CN(CC(=O)NNc1ccccn1)CC(C)(C)O. The van der Waals surface area contributed by atoms with E-state index >= 15 is 0 Å². The van der Waals surface area contributed by atoms with E-state index in [0.717, 1.165) is 0 Å². The van der Waals surface area contributed by atoms with Crippen LogP contribution in [0.3, 0.4) is 0 Å². The molecule has 3 N–H and O–H groups in total. The summed E-state index contributed by atoms with van der Waals surface area (Å²) in [6, 6.07) is 5.37. The number of hydrazine groups is 1. The van der Waals surface area contributed by atoms with Crippen LogP contribution in [-0.4, -0.2) is 46.6 Å². The second-order valence-electron chi connectivity index (χ2n) is 4.87. The van der Waals surface area contributed by atoms with Gasteiger partial charge in [0.2, 0.25) is 0 Å². The molecule has 0 spiro atoms. The second-order valence-corrected chi connectivity index (χ2v) is 4.87. The van der Waals surface area contributed by atoms with Crippen molar-refractivity contribution in [2.75, 3.05) is 25.6 Å². The molecule has 0 aromatic carbocycles. The number of nitrogens with zero attached hydrogens (tertiary/aromatic N) is 2. The molecule has 1 aromatic heterocycles. The summed E-state index contributed by atoms with van der Waals surface area (Å²) in [7, 11) is 1.78. The summed E-state index contributed by atoms with van der Waals surface area (Å²) < 4.78 is 0. The summed E-state index contributed by atoms with van der Waals surface area (Å²) in [5.41, 5.74) is 4.44. The Bertz CT molecular complexity index is 375. The Morgan fingerprint density at radius 2 is 2.22 bits per heavy atom. The Kier molecular flexibility index (Phi) is 5.06. The van der Waals surface area contributed by atoms with E-state index in [4.69, 9.17) is 0 Å². The van der Waals surface area contributed by atoms with Crippen LogP contribution < -0.4 is 10.9 Å². The molecule has 0 radical (unpaired) electrons. The highest BCUT2D eigenvalue weighted by Gasteiger charge is 2.17. The van der Waals surface area contributed by atoms with Gasteiger partial charge in [-0.1, -0.05) is 6.07 Å². The topological polar surface area (TPSA) is 77.5 Å². The van der Waals surface area contributed by atoms with Crippen LogP contribution in [0.1, 0.15) is 13.8 Å². The van der Waals surface area contributed by atoms with Crippen LogP contribution in [0.25, 0.3) is 0 Å². The first-order chi connectivity index (χ1) is 8.37. The molecule has 0 aliphatic rings. The number of rotatable bonds is 6. The number of hydrogen-bond acceptors (Lipinski definition) is 5. The van der Waals surface area contributed by atoms with E-state index in [1.807, 2.05) is 6.07 Å². The standard InChI is InChI=1S/C12H20N4O2/c1-12(2,18)9-16(3)8-11(17)15-14-10-6-4-5-7-13-10/h4-7,18H,8-9H2,1-3H3,(H,13,14)(H,15,17). The van der Waals surface area contributed by atoms with Crippen LogP contribution in [0.15, 0.2) is 24.4 Å². The number of amides is 1. The summed E-state index contributed by atoms with van der Waals surface area (Å²) in [5.74, 6) is 0.392. The van der Waals surface area contributed by atoms with Gasteiger partial charge in [0.25, 0.3) is 5.91 Å². The fourth-order valence-electron chi connectivity index (χ4n) is 1.57. The number of nitrogens with one attached hydrogen (secondary N) is 2. The average molecular weight is 252 g/mol. The molecule has 0 aliphatic carbocycles. The maximum Gasteiger partial charge on any atom is 0.252 e. The monoisotopic (exact) mass is 252 g/mol. The first-order valence-electron chi connectivity index (χ1n) is 5.73. The molecule has 100 valence electrons. The van der Waals surface area contributed by atoms with Gasteiger partial charge in [0.1, 0.15) is 5.82 Å². The third kappa shape index (κ3) is 6.17. The lowest BCUT2D eigenvalue weighted by Crippen LogP contribution is -2.43. The van der Waals surface area contributed by atoms with Crippen LogP contribution in [0.2, 0.25) is 0 Å². The van der Waals surface area contributed by atoms with Crippen molar-refractivity contribution in [1.82, 2.24) is 15.3 Å². The summed E-state index contributed by atoms with van der Waals surface area (Å²) in [6.45, 7) is 4.02. The quantitative estimate of drug-likeness (QED) is 0.632. The van der Waals surface area contributed by atoms with Gasteiger partial charge in [-0.3, -0.25) is 20.5 Å². The maximum absolute atomic E-state index is 11.6. The van der Waals surface area contributed by atoms with Crippen LogP contribution in [0.5, 0.6) is 0 Å².